The van der Waals surface area contributed by atoms with Crippen molar-refractivity contribution in [2.75, 3.05) is 45.6 Å². The number of hydrogen-bond acceptors (Lipinski definition) is 5. The Hall–Kier alpha value is -1.36. The summed E-state index contributed by atoms with van der Waals surface area (Å²) in [4.78, 5) is 37.1. The van der Waals surface area contributed by atoms with E-state index >= 15 is 0 Å². The molecule has 2 N–H and O–H groups in total. The van der Waals surface area contributed by atoms with E-state index in [1.807, 2.05) is 12.2 Å². The Labute approximate surface area is 176 Å². The highest BCUT2D eigenvalue weighted by Gasteiger charge is 2.54. The molecule has 0 radical (unpaired) electrons. The molecule has 2 fully saturated rings. The SMILES string of the molecule is C[C@@H](Br)C(=O)N[C@@H]1C(=O)N2C(C(=O)O)=C(C=CC[N+]3(C)CCOCC3)CS[C@H]12. The first kappa shape index (κ1) is 21.4. The average Bonchev–Trinajstić information content (AvgIpc) is 2.65. The van der Waals surface area contributed by atoms with E-state index in [1.165, 1.54) is 16.7 Å². The van der Waals surface area contributed by atoms with Gasteiger partial charge in [0.05, 0.1) is 31.6 Å². The number of fused-ring (bicyclic) bond motifs is 1. The maximum absolute atomic E-state index is 12.5. The first-order valence-corrected chi connectivity index (χ1v) is 11.1. The van der Waals surface area contributed by atoms with Crippen LogP contribution in [-0.4, -0.2) is 94.2 Å². The lowest BCUT2D eigenvalue weighted by Gasteiger charge is -2.49. The van der Waals surface area contributed by atoms with E-state index in [-0.39, 0.29) is 22.9 Å². The van der Waals surface area contributed by atoms with E-state index in [1.54, 1.807) is 6.92 Å². The number of carboxylic acids is 1. The number of quaternary nitrogens is 1. The van der Waals surface area contributed by atoms with Crippen LogP contribution in [-0.2, 0) is 19.1 Å². The minimum absolute atomic E-state index is 0.0204. The van der Waals surface area contributed by atoms with Gasteiger partial charge in [0.1, 0.15) is 30.2 Å². The Balaban J connectivity index is 1.72. The third-order valence-corrected chi connectivity index (χ3v) is 6.99. The predicted molar refractivity (Wildman–Crippen MR) is 109 cm³/mol. The number of aliphatic carboxylic acids is 1. The van der Waals surface area contributed by atoms with Crippen molar-refractivity contribution >= 4 is 45.5 Å². The largest absolute Gasteiger partial charge is 0.477 e. The van der Waals surface area contributed by atoms with E-state index in [0.29, 0.717) is 11.3 Å². The number of thioether (sulfide) groups is 1. The summed E-state index contributed by atoms with van der Waals surface area (Å²) in [6.45, 7) is 5.76. The molecule has 0 aromatic carbocycles. The van der Waals surface area contributed by atoms with Gasteiger partial charge in [0, 0.05) is 5.75 Å². The molecule has 3 atom stereocenters. The molecule has 0 aromatic heterocycles. The van der Waals surface area contributed by atoms with Gasteiger partial charge in [0.25, 0.3) is 5.91 Å². The molecular formula is C18H25BrN3O5S+. The summed E-state index contributed by atoms with van der Waals surface area (Å²) in [6, 6.07) is -0.685. The second kappa shape index (κ2) is 8.56. The zero-order valence-electron chi connectivity index (χ0n) is 15.9. The van der Waals surface area contributed by atoms with Crippen LogP contribution in [0.1, 0.15) is 6.92 Å². The van der Waals surface area contributed by atoms with Crippen molar-refractivity contribution in [2.45, 2.75) is 23.2 Å². The lowest BCUT2D eigenvalue weighted by molar-refractivity contribution is -0.911. The zero-order valence-corrected chi connectivity index (χ0v) is 18.3. The minimum Gasteiger partial charge on any atom is -0.477 e. The highest BCUT2D eigenvalue weighted by Crippen LogP contribution is 2.40. The quantitative estimate of drug-likeness (QED) is 0.331. The molecule has 2 saturated heterocycles. The third-order valence-electron chi connectivity index (χ3n) is 5.28. The molecule has 0 saturated carbocycles. The van der Waals surface area contributed by atoms with Gasteiger partial charge >= 0.3 is 5.97 Å². The number of β-lactam (4-membered cyclic amide) rings is 1. The van der Waals surface area contributed by atoms with Crippen molar-refractivity contribution in [3.8, 4) is 0 Å². The number of allylic oxidation sites excluding steroid dienone is 1. The molecule has 3 aliphatic heterocycles. The number of amides is 2. The van der Waals surface area contributed by atoms with E-state index in [2.05, 4.69) is 28.3 Å². The molecule has 0 aromatic rings. The molecule has 2 amide bonds. The maximum Gasteiger partial charge on any atom is 0.352 e. The molecule has 0 spiro atoms. The third kappa shape index (κ3) is 4.29. The van der Waals surface area contributed by atoms with E-state index < -0.39 is 16.8 Å². The van der Waals surface area contributed by atoms with Crippen LogP contribution in [0, 0.1) is 0 Å². The number of carbonyl (C=O) groups excluding carboxylic acids is 2. The molecule has 0 bridgehead atoms. The molecule has 3 heterocycles. The van der Waals surface area contributed by atoms with Gasteiger partial charge in [-0.25, -0.2) is 4.79 Å². The van der Waals surface area contributed by atoms with Gasteiger partial charge in [0.15, 0.2) is 0 Å². The predicted octanol–water partition coefficient (Wildman–Crippen LogP) is 0.541. The summed E-state index contributed by atoms with van der Waals surface area (Å²) in [7, 11) is 2.15. The van der Waals surface area contributed by atoms with Crippen LogP contribution < -0.4 is 5.32 Å². The van der Waals surface area contributed by atoms with Crippen molar-refractivity contribution in [2.24, 2.45) is 0 Å². The molecular weight excluding hydrogens is 450 g/mol. The van der Waals surface area contributed by atoms with Crippen LogP contribution in [0.5, 0.6) is 0 Å². The highest BCUT2D eigenvalue weighted by atomic mass is 79.9. The fourth-order valence-electron chi connectivity index (χ4n) is 3.45. The van der Waals surface area contributed by atoms with Crippen molar-refractivity contribution in [3.05, 3.63) is 23.4 Å². The Morgan fingerprint density at radius 1 is 1.46 bits per heavy atom. The summed E-state index contributed by atoms with van der Waals surface area (Å²) >= 11 is 4.64. The normalized spacial score (nSPS) is 28.0. The minimum atomic E-state index is -1.12. The van der Waals surface area contributed by atoms with Crippen LogP contribution in [0.2, 0.25) is 0 Å². The lowest BCUT2D eigenvalue weighted by Crippen LogP contribution is -2.70. The van der Waals surface area contributed by atoms with Crippen LogP contribution in [0.3, 0.4) is 0 Å². The summed E-state index contributed by atoms with van der Waals surface area (Å²) in [5.41, 5.74) is 0.646. The van der Waals surface area contributed by atoms with Gasteiger partial charge in [-0.3, -0.25) is 14.5 Å². The summed E-state index contributed by atoms with van der Waals surface area (Å²) in [5.74, 6) is -1.30. The van der Waals surface area contributed by atoms with Crippen LogP contribution in [0.4, 0.5) is 0 Å². The fraction of sp³-hybridized carbons (Fsp3) is 0.611. The van der Waals surface area contributed by atoms with Crippen molar-refractivity contribution in [1.82, 2.24) is 10.2 Å². The fourth-order valence-corrected chi connectivity index (χ4v) is 4.91. The van der Waals surface area contributed by atoms with E-state index in [0.717, 1.165) is 37.3 Å². The van der Waals surface area contributed by atoms with Gasteiger partial charge < -0.3 is 19.6 Å². The van der Waals surface area contributed by atoms with Crippen molar-refractivity contribution < 1.29 is 28.7 Å². The Morgan fingerprint density at radius 2 is 2.14 bits per heavy atom. The monoisotopic (exact) mass is 474 g/mol. The Bertz CT molecular complexity index is 733. The van der Waals surface area contributed by atoms with Gasteiger partial charge in [-0.05, 0) is 18.6 Å². The second-order valence-electron chi connectivity index (χ2n) is 7.46. The summed E-state index contributed by atoms with van der Waals surface area (Å²) in [6.07, 6.45) is 3.81. The highest BCUT2D eigenvalue weighted by molar-refractivity contribution is 9.10. The molecule has 10 heteroatoms. The van der Waals surface area contributed by atoms with Crippen molar-refractivity contribution in [1.29, 1.82) is 0 Å². The van der Waals surface area contributed by atoms with Gasteiger partial charge in [-0.2, -0.15) is 0 Å². The zero-order chi connectivity index (χ0) is 20.5. The molecule has 0 aliphatic carbocycles. The number of carbonyl (C=O) groups is 3. The molecule has 3 rings (SSSR count). The van der Waals surface area contributed by atoms with E-state index in [4.69, 9.17) is 4.74 Å². The first-order valence-electron chi connectivity index (χ1n) is 9.17. The smallest absolute Gasteiger partial charge is 0.352 e. The molecule has 3 aliphatic rings. The van der Waals surface area contributed by atoms with Crippen molar-refractivity contribution in [3.63, 3.8) is 0 Å². The number of ether oxygens (including phenoxy) is 1. The van der Waals surface area contributed by atoms with Crippen LogP contribution in [0.15, 0.2) is 23.4 Å². The first-order chi connectivity index (χ1) is 13.2. The Morgan fingerprint density at radius 3 is 2.75 bits per heavy atom. The topological polar surface area (TPSA) is 95.9 Å². The number of halogens is 1. The maximum atomic E-state index is 12.5. The number of carboxylic acid groups (broad SMARTS) is 1. The number of likely N-dealkylation sites (N-methyl/N-ethyl adjacent to an activating group) is 1. The number of nitrogens with one attached hydrogen (secondary N) is 1. The van der Waals surface area contributed by atoms with Crippen LogP contribution in [0.25, 0.3) is 0 Å². The van der Waals surface area contributed by atoms with Gasteiger partial charge in [0.2, 0.25) is 5.91 Å². The number of morpholine rings is 1. The second-order valence-corrected chi connectivity index (χ2v) is 9.93. The number of alkyl halides is 1. The number of hydrogen-bond donors (Lipinski definition) is 2. The average molecular weight is 475 g/mol. The number of rotatable bonds is 6. The van der Waals surface area contributed by atoms with Crippen LogP contribution >= 0.6 is 27.7 Å². The van der Waals surface area contributed by atoms with E-state index in [9.17, 15) is 19.5 Å². The Kier molecular flexibility index (Phi) is 6.53. The summed E-state index contributed by atoms with van der Waals surface area (Å²) in [5, 5.41) is 12.0. The van der Waals surface area contributed by atoms with Gasteiger partial charge in [-0.15, -0.1) is 11.8 Å². The molecule has 0 unspecified atom stereocenters. The molecule has 154 valence electrons. The number of nitrogens with zero attached hydrogens (tertiary/aromatic N) is 2. The molecule has 28 heavy (non-hydrogen) atoms. The molecule has 8 nitrogen and oxygen atoms in total. The standard InChI is InChI=1S/C18H24BrN3O5S/c1-11(19)15(23)20-13-16(24)21-14(18(25)26)12(10-28-17(13)21)4-3-5-22(2)6-8-27-9-7-22/h3-4,11,13,17H,5-10H2,1-2H3,(H-,20,23,25,26)/p+1/t11-,13-,17-/m1/s1. The van der Waals surface area contributed by atoms with Gasteiger partial charge in [-0.1, -0.05) is 22.0 Å². The lowest BCUT2D eigenvalue weighted by atomic mass is 10.0. The summed E-state index contributed by atoms with van der Waals surface area (Å²) < 4.78 is 6.25.